The SMILES string of the molecule is Cl.O=C(CNCC1CC1)Nc1ccc(F)c(Br)c1. The van der Waals surface area contributed by atoms with Crippen LogP contribution in [-0.2, 0) is 4.79 Å². The highest BCUT2D eigenvalue weighted by molar-refractivity contribution is 9.10. The van der Waals surface area contributed by atoms with E-state index in [4.69, 9.17) is 0 Å². The lowest BCUT2D eigenvalue weighted by Gasteiger charge is -2.07. The van der Waals surface area contributed by atoms with Gasteiger partial charge in [0, 0.05) is 5.69 Å². The first kappa shape index (κ1) is 15.4. The summed E-state index contributed by atoms with van der Waals surface area (Å²) < 4.78 is 13.3. The van der Waals surface area contributed by atoms with Gasteiger partial charge in [-0.2, -0.15) is 0 Å². The molecule has 2 N–H and O–H groups in total. The van der Waals surface area contributed by atoms with Crippen LogP contribution in [0.25, 0.3) is 0 Å². The summed E-state index contributed by atoms with van der Waals surface area (Å²) in [6.07, 6.45) is 2.53. The van der Waals surface area contributed by atoms with Crippen molar-refractivity contribution >= 4 is 39.9 Å². The third-order valence-electron chi connectivity index (χ3n) is 2.62. The van der Waals surface area contributed by atoms with Gasteiger partial charge in [0.2, 0.25) is 5.91 Å². The molecule has 0 bridgehead atoms. The summed E-state index contributed by atoms with van der Waals surface area (Å²) in [6, 6.07) is 4.41. The Morgan fingerprint density at radius 2 is 2.17 bits per heavy atom. The summed E-state index contributed by atoms with van der Waals surface area (Å²) in [6.45, 7) is 1.20. The van der Waals surface area contributed by atoms with Crippen LogP contribution in [0.2, 0.25) is 0 Å². The number of amides is 1. The van der Waals surface area contributed by atoms with Crippen molar-refractivity contribution in [3.63, 3.8) is 0 Å². The molecule has 0 atom stereocenters. The lowest BCUT2D eigenvalue weighted by molar-refractivity contribution is -0.115. The van der Waals surface area contributed by atoms with Gasteiger partial charge in [0.05, 0.1) is 11.0 Å². The topological polar surface area (TPSA) is 41.1 Å². The molecule has 0 radical (unpaired) electrons. The first-order chi connectivity index (χ1) is 8.15. The fraction of sp³-hybridized carbons (Fsp3) is 0.417. The second kappa shape index (κ2) is 7.07. The average molecular weight is 338 g/mol. The van der Waals surface area contributed by atoms with Crippen LogP contribution in [0.1, 0.15) is 12.8 Å². The van der Waals surface area contributed by atoms with Crippen LogP contribution in [0, 0.1) is 11.7 Å². The molecule has 1 aliphatic carbocycles. The minimum Gasteiger partial charge on any atom is -0.325 e. The van der Waals surface area contributed by atoms with Crippen LogP contribution < -0.4 is 10.6 Å². The van der Waals surface area contributed by atoms with Crippen molar-refractivity contribution in [3.05, 3.63) is 28.5 Å². The second-order valence-corrected chi connectivity index (χ2v) is 5.11. The normalized spacial score (nSPS) is 13.9. The van der Waals surface area contributed by atoms with Crippen molar-refractivity contribution in [1.82, 2.24) is 5.32 Å². The Labute approximate surface area is 120 Å². The van der Waals surface area contributed by atoms with Crippen molar-refractivity contribution in [2.45, 2.75) is 12.8 Å². The summed E-state index contributed by atoms with van der Waals surface area (Å²) in [7, 11) is 0. The van der Waals surface area contributed by atoms with Crippen molar-refractivity contribution < 1.29 is 9.18 Å². The number of anilines is 1. The molecule has 1 aromatic carbocycles. The third kappa shape index (κ3) is 4.92. The van der Waals surface area contributed by atoms with E-state index in [1.165, 1.54) is 18.9 Å². The molecular formula is C12H15BrClFN2O. The average Bonchev–Trinajstić information content (AvgIpc) is 3.07. The molecule has 18 heavy (non-hydrogen) atoms. The molecule has 0 spiro atoms. The minimum atomic E-state index is -0.338. The van der Waals surface area contributed by atoms with Gasteiger partial charge in [0.15, 0.2) is 0 Å². The second-order valence-electron chi connectivity index (χ2n) is 4.25. The number of carbonyl (C=O) groups excluding carboxylic acids is 1. The molecule has 1 amide bonds. The minimum absolute atomic E-state index is 0. The quantitative estimate of drug-likeness (QED) is 0.867. The molecule has 0 aromatic heterocycles. The summed E-state index contributed by atoms with van der Waals surface area (Å²) in [5, 5.41) is 5.80. The Morgan fingerprint density at radius 1 is 1.44 bits per heavy atom. The summed E-state index contributed by atoms with van der Waals surface area (Å²) in [5.41, 5.74) is 0.594. The Bertz CT molecular complexity index is 427. The van der Waals surface area contributed by atoms with Gasteiger partial charge in [-0.1, -0.05) is 0 Å². The molecule has 0 saturated heterocycles. The zero-order valence-electron chi connectivity index (χ0n) is 9.71. The maximum Gasteiger partial charge on any atom is 0.238 e. The number of hydrogen-bond acceptors (Lipinski definition) is 2. The van der Waals surface area contributed by atoms with Crippen molar-refractivity contribution in [2.75, 3.05) is 18.4 Å². The maximum atomic E-state index is 13.0. The van der Waals surface area contributed by atoms with E-state index < -0.39 is 0 Å². The third-order valence-corrected chi connectivity index (χ3v) is 3.23. The van der Waals surface area contributed by atoms with E-state index in [1.54, 1.807) is 12.1 Å². The van der Waals surface area contributed by atoms with E-state index in [1.807, 2.05) is 0 Å². The van der Waals surface area contributed by atoms with Crippen LogP contribution in [0.3, 0.4) is 0 Å². The van der Waals surface area contributed by atoms with Crippen molar-refractivity contribution in [3.8, 4) is 0 Å². The number of benzene rings is 1. The molecule has 100 valence electrons. The molecule has 1 saturated carbocycles. The lowest BCUT2D eigenvalue weighted by atomic mass is 10.3. The predicted octanol–water partition coefficient (Wildman–Crippen LogP) is 2.95. The molecule has 1 aliphatic rings. The predicted molar refractivity (Wildman–Crippen MR) is 75.6 cm³/mol. The van der Waals surface area contributed by atoms with Crippen LogP contribution in [0.4, 0.5) is 10.1 Å². The monoisotopic (exact) mass is 336 g/mol. The van der Waals surface area contributed by atoms with E-state index in [2.05, 4.69) is 26.6 Å². The molecule has 2 rings (SSSR count). The molecule has 0 aliphatic heterocycles. The largest absolute Gasteiger partial charge is 0.325 e. The molecule has 1 fully saturated rings. The van der Waals surface area contributed by atoms with Crippen LogP contribution in [0.15, 0.2) is 22.7 Å². The Balaban J connectivity index is 0.00000162. The Hall–Kier alpha value is -0.650. The highest BCUT2D eigenvalue weighted by atomic mass is 79.9. The maximum absolute atomic E-state index is 13.0. The van der Waals surface area contributed by atoms with Crippen LogP contribution >= 0.6 is 28.3 Å². The standard InChI is InChI=1S/C12H14BrFN2O.ClH/c13-10-5-9(3-4-11(10)14)16-12(17)7-15-6-8-1-2-8;/h3-5,8,15H,1-2,6-7H2,(H,16,17);1H. The Morgan fingerprint density at radius 3 is 2.78 bits per heavy atom. The van der Waals surface area contributed by atoms with Gasteiger partial charge in [0.25, 0.3) is 0 Å². The van der Waals surface area contributed by atoms with Gasteiger partial charge in [-0.15, -0.1) is 12.4 Å². The van der Waals surface area contributed by atoms with Crippen LogP contribution in [-0.4, -0.2) is 19.0 Å². The summed E-state index contributed by atoms with van der Waals surface area (Å²) in [4.78, 5) is 11.5. The summed E-state index contributed by atoms with van der Waals surface area (Å²) >= 11 is 3.07. The number of nitrogens with one attached hydrogen (secondary N) is 2. The smallest absolute Gasteiger partial charge is 0.238 e. The molecule has 1 aromatic rings. The Kier molecular flexibility index (Phi) is 6.05. The first-order valence-electron chi connectivity index (χ1n) is 5.61. The molecule has 3 nitrogen and oxygen atoms in total. The zero-order valence-corrected chi connectivity index (χ0v) is 12.1. The zero-order chi connectivity index (χ0) is 12.3. The van der Waals surface area contributed by atoms with Gasteiger partial charge < -0.3 is 10.6 Å². The van der Waals surface area contributed by atoms with E-state index in [-0.39, 0.29) is 24.1 Å². The number of carbonyl (C=O) groups is 1. The number of hydrogen-bond donors (Lipinski definition) is 2. The van der Waals surface area contributed by atoms with Gasteiger partial charge in [-0.05, 0) is 59.4 Å². The van der Waals surface area contributed by atoms with Gasteiger partial charge >= 0.3 is 0 Å². The number of halogens is 3. The molecule has 0 heterocycles. The fourth-order valence-electron chi connectivity index (χ4n) is 1.49. The fourth-order valence-corrected chi connectivity index (χ4v) is 1.87. The highest BCUT2D eigenvalue weighted by Crippen LogP contribution is 2.27. The van der Waals surface area contributed by atoms with Gasteiger partial charge in [-0.25, -0.2) is 4.39 Å². The van der Waals surface area contributed by atoms with E-state index in [9.17, 15) is 9.18 Å². The molecule has 0 unspecified atom stereocenters. The van der Waals surface area contributed by atoms with Gasteiger partial charge in [0.1, 0.15) is 5.82 Å². The summed E-state index contributed by atoms with van der Waals surface area (Å²) in [5.74, 6) is 0.307. The van der Waals surface area contributed by atoms with Crippen molar-refractivity contribution in [2.24, 2.45) is 5.92 Å². The van der Waals surface area contributed by atoms with E-state index in [0.29, 0.717) is 16.7 Å². The van der Waals surface area contributed by atoms with E-state index >= 15 is 0 Å². The van der Waals surface area contributed by atoms with Crippen molar-refractivity contribution in [1.29, 1.82) is 0 Å². The lowest BCUT2D eigenvalue weighted by Crippen LogP contribution is -2.29. The first-order valence-corrected chi connectivity index (χ1v) is 6.40. The van der Waals surface area contributed by atoms with E-state index in [0.717, 1.165) is 12.5 Å². The molecule has 6 heteroatoms. The van der Waals surface area contributed by atoms with Gasteiger partial charge in [-0.3, -0.25) is 4.79 Å². The van der Waals surface area contributed by atoms with Crippen LogP contribution in [0.5, 0.6) is 0 Å². The molecular weight excluding hydrogens is 322 g/mol. The number of rotatable bonds is 5. The highest BCUT2D eigenvalue weighted by Gasteiger charge is 2.20.